The number of rotatable bonds is 2. The molecular formula is C11H14N6. The Balaban J connectivity index is 2.04. The lowest BCUT2D eigenvalue weighted by Crippen LogP contribution is -2.09. The Morgan fingerprint density at radius 2 is 2.12 bits per heavy atom. The van der Waals surface area contributed by atoms with Crippen molar-refractivity contribution in [1.29, 1.82) is 0 Å². The molecule has 0 aliphatic heterocycles. The van der Waals surface area contributed by atoms with Crippen LogP contribution in [0.4, 0.5) is 5.69 Å². The van der Waals surface area contributed by atoms with Gasteiger partial charge in [-0.3, -0.25) is 4.98 Å². The van der Waals surface area contributed by atoms with Gasteiger partial charge in [-0.2, -0.15) is 4.68 Å². The second-order valence-corrected chi connectivity index (χ2v) is 4.36. The number of nitrogen functional groups attached to an aromatic ring is 1. The van der Waals surface area contributed by atoms with Crippen molar-refractivity contribution in [2.24, 2.45) is 0 Å². The molecule has 0 spiro atoms. The zero-order valence-corrected chi connectivity index (χ0v) is 9.45. The molecule has 0 atom stereocenters. The number of nitrogens with two attached hydrogens (primary N) is 1. The molecule has 0 radical (unpaired) electrons. The Labute approximate surface area is 98.9 Å². The van der Waals surface area contributed by atoms with Crippen molar-refractivity contribution in [3.8, 4) is 5.69 Å². The van der Waals surface area contributed by atoms with Crippen molar-refractivity contribution in [2.75, 3.05) is 5.73 Å². The van der Waals surface area contributed by atoms with Gasteiger partial charge in [-0.25, -0.2) is 0 Å². The largest absolute Gasteiger partial charge is 0.396 e. The molecule has 2 aromatic heterocycles. The molecule has 2 aromatic rings. The van der Waals surface area contributed by atoms with E-state index in [1.165, 1.54) is 12.8 Å². The van der Waals surface area contributed by atoms with Crippen LogP contribution in [-0.2, 0) is 0 Å². The van der Waals surface area contributed by atoms with E-state index in [2.05, 4.69) is 20.5 Å². The minimum Gasteiger partial charge on any atom is -0.396 e. The summed E-state index contributed by atoms with van der Waals surface area (Å²) in [4.78, 5) is 3.98. The van der Waals surface area contributed by atoms with Crippen LogP contribution in [0.3, 0.4) is 0 Å². The maximum atomic E-state index is 5.90. The Morgan fingerprint density at radius 1 is 1.29 bits per heavy atom. The van der Waals surface area contributed by atoms with Gasteiger partial charge in [0.25, 0.3) is 0 Å². The molecule has 1 aliphatic rings. The van der Waals surface area contributed by atoms with E-state index in [-0.39, 0.29) is 0 Å². The fourth-order valence-electron chi connectivity index (χ4n) is 2.40. The molecule has 0 saturated heterocycles. The average molecular weight is 230 g/mol. The first-order valence-electron chi connectivity index (χ1n) is 5.84. The molecule has 0 unspecified atom stereocenters. The summed E-state index contributed by atoms with van der Waals surface area (Å²) in [6.45, 7) is 0. The van der Waals surface area contributed by atoms with Crippen molar-refractivity contribution in [2.45, 2.75) is 31.6 Å². The third kappa shape index (κ3) is 1.75. The first-order chi connectivity index (χ1) is 8.36. The van der Waals surface area contributed by atoms with E-state index < -0.39 is 0 Å². The predicted octanol–water partition coefficient (Wildman–Crippen LogP) is 1.30. The quantitative estimate of drug-likeness (QED) is 0.840. The van der Waals surface area contributed by atoms with Crippen LogP contribution in [0.5, 0.6) is 0 Å². The lowest BCUT2D eigenvalue weighted by Gasteiger charge is -2.10. The fraction of sp³-hybridized carbons (Fsp3) is 0.455. The summed E-state index contributed by atoms with van der Waals surface area (Å²) in [5.74, 6) is 1.37. The third-order valence-corrected chi connectivity index (χ3v) is 3.27. The van der Waals surface area contributed by atoms with E-state index in [1.54, 1.807) is 17.1 Å². The van der Waals surface area contributed by atoms with Crippen LogP contribution < -0.4 is 5.73 Å². The molecule has 0 bridgehead atoms. The molecule has 6 nitrogen and oxygen atoms in total. The summed E-state index contributed by atoms with van der Waals surface area (Å²) in [5, 5.41) is 12.0. The van der Waals surface area contributed by atoms with E-state index in [9.17, 15) is 0 Å². The first kappa shape index (κ1) is 10.2. The molecule has 1 aliphatic carbocycles. The maximum Gasteiger partial charge on any atom is 0.159 e. The van der Waals surface area contributed by atoms with Crippen molar-refractivity contribution in [3.63, 3.8) is 0 Å². The minimum atomic E-state index is 0.456. The molecule has 0 amide bonds. The van der Waals surface area contributed by atoms with Gasteiger partial charge >= 0.3 is 0 Å². The summed E-state index contributed by atoms with van der Waals surface area (Å²) in [7, 11) is 0. The second kappa shape index (κ2) is 4.12. The summed E-state index contributed by atoms with van der Waals surface area (Å²) >= 11 is 0. The zero-order valence-electron chi connectivity index (χ0n) is 9.45. The number of hydrogen-bond donors (Lipinski definition) is 1. The number of pyridine rings is 1. The van der Waals surface area contributed by atoms with Crippen LogP contribution >= 0.6 is 0 Å². The molecule has 6 heteroatoms. The van der Waals surface area contributed by atoms with Crippen molar-refractivity contribution < 1.29 is 0 Å². The molecular weight excluding hydrogens is 216 g/mol. The number of hydrogen-bond acceptors (Lipinski definition) is 5. The topological polar surface area (TPSA) is 82.5 Å². The van der Waals surface area contributed by atoms with E-state index in [1.807, 2.05) is 6.07 Å². The molecule has 1 fully saturated rings. The summed E-state index contributed by atoms with van der Waals surface area (Å²) in [6, 6.07) is 1.84. The predicted molar refractivity (Wildman–Crippen MR) is 62.6 cm³/mol. The molecule has 2 heterocycles. The summed E-state index contributed by atoms with van der Waals surface area (Å²) < 4.78 is 1.74. The van der Waals surface area contributed by atoms with E-state index in [0.717, 1.165) is 24.4 Å². The molecule has 0 aromatic carbocycles. The minimum absolute atomic E-state index is 0.456. The van der Waals surface area contributed by atoms with Crippen molar-refractivity contribution in [1.82, 2.24) is 25.2 Å². The van der Waals surface area contributed by atoms with Crippen molar-refractivity contribution in [3.05, 3.63) is 24.3 Å². The Morgan fingerprint density at radius 3 is 2.88 bits per heavy atom. The standard InChI is InChI=1S/C11H14N6/c12-9-7-13-6-5-10(9)17-11(14-15-16-17)8-3-1-2-4-8/h5-8H,1-4,12H2. The smallest absolute Gasteiger partial charge is 0.159 e. The lowest BCUT2D eigenvalue weighted by molar-refractivity contribution is 0.636. The SMILES string of the molecule is Nc1cnccc1-n1nnnc1C1CCCC1. The van der Waals surface area contributed by atoms with Gasteiger partial charge in [0, 0.05) is 12.1 Å². The molecule has 3 rings (SSSR count). The van der Waals surface area contributed by atoms with Crippen LogP contribution in [0.1, 0.15) is 37.4 Å². The molecule has 88 valence electrons. The van der Waals surface area contributed by atoms with Crippen LogP contribution in [0, 0.1) is 0 Å². The lowest BCUT2D eigenvalue weighted by atomic mass is 10.1. The van der Waals surface area contributed by atoms with Gasteiger partial charge in [0.1, 0.15) is 0 Å². The highest BCUT2D eigenvalue weighted by Gasteiger charge is 2.24. The van der Waals surface area contributed by atoms with E-state index >= 15 is 0 Å². The maximum absolute atomic E-state index is 5.90. The fourth-order valence-corrected chi connectivity index (χ4v) is 2.40. The normalized spacial score (nSPS) is 16.5. The monoisotopic (exact) mass is 230 g/mol. The van der Waals surface area contributed by atoms with Crippen LogP contribution in [0.15, 0.2) is 18.5 Å². The number of anilines is 1. The number of nitrogens with zero attached hydrogens (tertiary/aromatic N) is 5. The van der Waals surface area contributed by atoms with E-state index in [4.69, 9.17) is 5.73 Å². The summed E-state index contributed by atoms with van der Waals surface area (Å²) in [5.41, 5.74) is 7.31. The van der Waals surface area contributed by atoms with Crippen molar-refractivity contribution >= 4 is 5.69 Å². The van der Waals surface area contributed by atoms with Gasteiger partial charge in [0.15, 0.2) is 5.82 Å². The van der Waals surface area contributed by atoms with Gasteiger partial charge in [-0.1, -0.05) is 12.8 Å². The van der Waals surface area contributed by atoms with Gasteiger partial charge in [0.2, 0.25) is 0 Å². The van der Waals surface area contributed by atoms with Crippen LogP contribution in [0.2, 0.25) is 0 Å². The van der Waals surface area contributed by atoms with Crippen LogP contribution in [0.25, 0.3) is 5.69 Å². The second-order valence-electron chi connectivity index (χ2n) is 4.36. The Bertz CT molecular complexity index is 514. The highest BCUT2D eigenvalue weighted by atomic mass is 15.5. The number of aromatic nitrogens is 5. The number of tetrazole rings is 1. The van der Waals surface area contributed by atoms with Gasteiger partial charge in [-0.05, 0) is 29.3 Å². The van der Waals surface area contributed by atoms with Crippen LogP contribution in [-0.4, -0.2) is 25.2 Å². The molecule has 17 heavy (non-hydrogen) atoms. The third-order valence-electron chi connectivity index (χ3n) is 3.27. The highest BCUT2D eigenvalue weighted by Crippen LogP contribution is 2.33. The Kier molecular flexibility index (Phi) is 2.47. The average Bonchev–Trinajstić information content (AvgIpc) is 3.00. The van der Waals surface area contributed by atoms with Gasteiger partial charge in [0.05, 0.1) is 17.6 Å². The Hall–Kier alpha value is -1.98. The first-order valence-corrected chi connectivity index (χ1v) is 5.84. The molecule has 1 saturated carbocycles. The van der Waals surface area contributed by atoms with Gasteiger partial charge in [-0.15, -0.1) is 5.10 Å². The van der Waals surface area contributed by atoms with Gasteiger partial charge < -0.3 is 5.73 Å². The molecule has 2 N–H and O–H groups in total. The highest BCUT2D eigenvalue weighted by molar-refractivity contribution is 5.55. The van der Waals surface area contributed by atoms with E-state index in [0.29, 0.717) is 11.6 Å². The summed E-state index contributed by atoms with van der Waals surface area (Å²) in [6.07, 6.45) is 8.14. The zero-order chi connectivity index (χ0) is 11.7.